The third-order valence-corrected chi connectivity index (χ3v) is 4.55. The zero-order valence-corrected chi connectivity index (χ0v) is 14.5. The maximum Gasteiger partial charge on any atom is 0.319 e. The van der Waals surface area contributed by atoms with Crippen molar-refractivity contribution in [1.29, 1.82) is 0 Å². The van der Waals surface area contributed by atoms with Gasteiger partial charge >= 0.3 is 6.01 Å². The Morgan fingerprint density at radius 2 is 2.09 bits per heavy atom. The number of H-pyrrole nitrogens is 1. The van der Waals surface area contributed by atoms with Crippen molar-refractivity contribution in [2.45, 2.75) is 6.92 Å². The number of rotatable bonds is 3. The van der Waals surface area contributed by atoms with E-state index in [1.54, 1.807) is 0 Å². The van der Waals surface area contributed by atoms with Crippen molar-refractivity contribution < 1.29 is 4.74 Å². The van der Waals surface area contributed by atoms with E-state index in [4.69, 9.17) is 4.74 Å². The summed E-state index contributed by atoms with van der Waals surface area (Å²) in [6.07, 6.45) is 0. The summed E-state index contributed by atoms with van der Waals surface area (Å²) in [6, 6.07) is 6.61. The van der Waals surface area contributed by atoms with Gasteiger partial charge in [-0.25, -0.2) is 0 Å². The molecule has 0 amide bonds. The van der Waals surface area contributed by atoms with Gasteiger partial charge in [-0.1, -0.05) is 15.9 Å². The first-order valence-electron chi connectivity index (χ1n) is 7.83. The molecule has 0 spiro atoms. The molecule has 23 heavy (non-hydrogen) atoms. The molecule has 6 nitrogen and oxygen atoms in total. The normalized spacial score (nSPS) is 15.5. The number of piperazine rings is 1. The Labute approximate surface area is 142 Å². The van der Waals surface area contributed by atoms with Crippen LogP contribution in [-0.4, -0.2) is 47.7 Å². The highest BCUT2D eigenvalue weighted by atomic mass is 79.9. The van der Waals surface area contributed by atoms with Crippen molar-refractivity contribution in [3.8, 4) is 6.01 Å². The van der Waals surface area contributed by atoms with E-state index in [9.17, 15) is 0 Å². The molecule has 1 aliphatic rings. The topological polar surface area (TPSA) is 66.1 Å². The molecule has 0 atom stereocenters. The van der Waals surface area contributed by atoms with E-state index >= 15 is 0 Å². The molecule has 0 saturated carbocycles. The van der Waals surface area contributed by atoms with Gasteiger partial charge in [-0.15, -0.1) is 0 Å². The second-order valence-corrected chi connectivity index (χ2v) is 6.45. The van der Waals surface area contributed by atoms with Gasteiger partial charge < -0.3 is 19.9 Å². The van der Waals surface area contributed by atoms with Crippen LogP contribution in [0.25, 0.3) is 21.9 Å². The molecule has 4 rings (SSSR count). The van der Waals surface area contributed by atoms with E-state index in [1.165, 1.54) is 0 Å². The Kier molecular flexibility index (Phi) is 3.82. The number of fused-ring (bicyclic) bond motifs is 3. The molecule has 1 saturated heterocycles. The lowest BCUT2D eigenvalue weighted by Crippen LogP contribution is -2.44. The summed E-state index contributed by atoms with van der Waals surface area (Å²) in [6.45, 7) is 6.28. The second kappa shape index (κ2) is 5.98. The highest BCUT2D eigenvalue weighted by Gasteiger charge is 2.20. The Morgan fingerprint density at radius 1 is 1.26 bits per heavy atom. The standard InChI is InChI=1S/C16H18BrN5O/c1-2-23-16-20-13-11-4-3-10(17)9-12(11)19-14(13)15(21-16)22-7-5-18-6-8-22/h3-4,9,18-19H,2,5-8H2,1H3. The van der Waals surface area contributed by atoms with Crippen LogP contribution < -0.4 is 15.0 Å². The second-order valence-electron chi connectivity index (χ2n) is 5.54. The number of nitrogens with one attached hydrogen (secondary N) is 2. The number of aromatic nitrogens is 3. The minimum atomic E-state index is 0.442. The molecule has 0 radical (unpaired) electrons. The van der Waals surface area contributed by atoms with Gasteiger partial charge in [-0.05, 0) is 25.1 Å². The highest BCUT2D eigenvalue weighted by molar-refractivity contribution is 9.10. The Morgan fingerprint density at radius 3 is 2.87 bits per heavy atom. The van der Waals surface area contributed by atoms with Crippen LogP contribution in [0, 0.1) is 0 Å². The fourth-order valence-corrected chi connectivity index (χ4v) is 3.36. The molecule has 120 valence electrons. The molecule has 1 fully saturated rings. The monoisotopic (exact) mass is 375 g/mol. The van der Waals surface area contributed by atoms with Gasteiger partial charge in [0.05, 0.1) is 6.61 Å². The van der Waals surface area contributed by atoms with Crippen LogP contribution in [0.1, 0.15) is 6.92 Å². The number of anilines is 1. The lowest BCUT2D eigenvalue weighted by molar-refractivity contribution is 0.314. The van der Waals surface area contributed by atoms with Gasteiger partial charge in [0.1, 0.15) is 11.0 Å². The van der Waals surface area contributed by atoms with E-state index in [2.05, 4.69) is 53.2 Å². The number of nitrogens with zero attached hydrogens (tertiary/aromatic N) is 3. The molecular weight excluding hydrogens is 358 g/mol. The van der Waals surface area contributed by atoms with Crippen molar-refractivity contribution in [1.82, 2.24) is 20.3 Å². The summed E-state index contributed by atoms with van der Waals surface area (Å²) in [7, 11) is 0. The van der Waals surface area contributed by atoms with Gasteiger partial charge in [0.2, 0.25) is 0 Å². The van der Waals surface area contributed by atoms with Crippen molar-refractivity contribution in [3.05, 3.63) is 22.7 Å². The summed E-state index contributed by atoms with van der Waals surface area (Å²) in [5.74, 6) is 0.923. The molecule has 3 aromatic rings. The van der Waals surface area contributed by atoms with E-state index in [1.807, 2.05) is 13.0 Å². The molecule has 0 aliphatic carbocycles. The Hall–Kier alpha value is -1.86. The first-order chi connectivity index (χ1) is 11.3. The molecule has 1 aromatic carbocycles. The molecule has 1 aliphatic heterocycles. The van der Waals surface area contributed by atoms with E-state index in [-0.39, 0.29) is 0 Å². The summed E-state index contributed by atoms with van der Waals surface area (Å²) in [5.41, 5.74) is 2.94. The smallest absolute Gasteiger partial charge is 0.319 e. The quantitative estimate of drug-likeness (QED) is 0.736. The first kappa shape index (κ1) is 14.7. The van der Waals surface area contributed by atoms with Crippen LogP contribution in [0.4, 0.5) is 5.82 Å². The van der Waals surface area contributed by atoms with Crippen molar-refractivity contribution in [2.24, 2.45) is 0 Å². The molecule has 2 N–H and O–H groups in total. The lowest BCUT2D eigenvalue weighted by Gasteiger charge is -2.28. The minimum absolute atomic E-state index is 0.442. The third kappa shape index (κ3) is 2.64. The Balaban J connectivity index is 1.96. The number of aromatic amines is 1. The maximum absolute atomic E-state index is 5.60. The number of hydrogen-bond acceptors (Lipinski definition) is 5. The maximum atomic E-state index is 5.60. The summed E-state index contributed by atoms with van der Waals surface area (Å²) in [5, 5.41) is 4.46. The van der Waals surface area contributed by atoms with E-state index in [0.717, 1.165) is 58.4 Å². The average Bonchev–Trinajstić information content (AvgIpc) is 2.92. The Bertz CT molecular complexity index is 856. The first-order valence-corrected chi connectivity index (χ1v) is 8.63. The zero-order valence-electron chi connectivity index (χ0n) is 12.9. The van der Waals surface area contributed by atoms with Crippen molar-refractivity contribution in [3.63, 3.8) is 0 Å². The summed E-state index contributed by atoms with van der Waals surface area (Å²) >= 11 is 3.52. The fourth-order valence-electron chi connectivity index (χ4n) is 3.00. The molecule has 7 heteroatoms. The third-order valence-electron chi connectivity index (χ3n) is 4.06. The van der Waals surface area contributed by atoms with Gasteiger partial charge in [0.25, 0.3) is 0 Å². The van der Waals surface area contributed by atoms with Gasteiger partial charge in [0, 0.05) is 41.6 Å². The summed E-state index contributed by atoms with van der Waals surface area (Å²) in [4.78, 5) is 15.0. The molecule has 2 aromatic heterocycles. The van der Waals surface area contributed by atoms with Gasteiger partial charge in [-0.3, -0.25) is 0 Å². The predicted molar refractivity (Wildman–Crippen MR) is 95.3 cm³/mol. The zero-order chi connectivity index (χ0) is 15.8. The fraction of sp³-hybridized carbons (Fsp3) is 0.375. The number of ether oxygens (including phenoxy) is 1. The van der Waals surface area contributed by atoms with Crippen LogP contribution >= 0.6 is 15.9 Å². The van der Waals surface area contributed by atoms with Gasteiger partial charge in [-0.2, -0.15) is 9.97 Å². The number of benzene rings is 1. The van der Waals surface area contributed by atoms with Crippen molar-refractivity contribution >= 4 is 43.7 Å². The van der Waals surface area contributed by atoms with Crippen LogP contribution in [-0.2, 0) is 0 Å². The average molecular weight is 376 g/mol. The SMILES string of the molecule is CCOc1nc(N2CCNCC2)c2[nH]c3cc(Br)ccc3c2n1. The van der Waals surface area contributed by atoms with E-state index in [0.29, 0.717) is 12.6 Å². The van der Waals surface area contributed by atoms with E-state index < -0.39 is 0 Å². The van der Waals surface area contributed by atoms with Gasteiger partial charge in [0.15, 0.2) is 5.82 Å². The minimum Gasteiger partial charge on any atom is -0.464 e. The largest absolute Gasteiger partial charge is 0.464 e. The molecule has 0 unspecified atom stereocenters. The van der Waals surface area contributed by atoms with Crippen LogP contribution in [0.15, 0.2) is 22.7 Å². The predicted octanol–water partition coefficient (Wildman–Crippen LogP) is 2.68. The van der Waals surface area contributed by atoms with Crippen LogP contribution in [0.3, 0.4) is 0 Å². The lowest BCUT2D eigenvalue weighted by atomic mass is 10.2. The molecule has 3 heterocycles. The van der Waals surface area contributed by atoms with Crippen LogP contribution in [0.2, 0.25) is 0 Å². The summed E-state index contributed by atoms with van der Waals surface area (Å²) < 4.78 is 6.64. The molecule has 0 bridgehead atoms. The van der Waals surface area contributed by atoms with Crippen LogP contribution in [0.5, 0.6) is 6.01 Å². The number of hydrogen-bond donors (Lipinski definition) is 2. The number of halogens is 1. The van der Waals surface area contributed by atoms with Crippen molar-refractivity contribution in [2.75, 3.05) is 37.7 Å². The molecular formula is C16H18BrN5O. The highest BCUT2D eigenvalue weighted by Crippen LogP contribution is 2.32.